The molecule has 0 saturated heterocycles. The second-order valence-corrected chi connectivity index (χ2v) is 6.77. The van der Waals surface area contributed by atoms with Gasteiger partial charge in [0.05, 0.1) is 11.4 Å². The molecule has 1 amide bonds. The van der Waals surface area contributed by atoms with Crippen molar-refractivity contribution in [3.05, 3.63) is 22.2 Å². The van der Waals surface area contributed by atoms with Crippen LogP contribution in [0.2, 0.25) is 0 Å². The highest BCUT2D eigenvalue weighted by Gasteiger charge is 2.25. The third kappa shape index (κ3) is 3.01. The molecule has 18 heavy (non-hydrogen) atoms. The first-order valence-electron chi connectivity index (χ1n) is 4.96. The zero-order valence-electron chi connectivity index (χ0n) is 9.97. The smallest absolute Gasteiger partial charge is 0.243 e. The number of carbonyl (C=O) groups is 1. The molecule has 0 aliphatic rings. The van der Waals surface area contributed by atoms with E-state index in [-0.39, 0.29) is 11.4 Å². The maximum absolute atomic E-state index is 12.2. The number of halogens is 1. The van der Waals surface area contributed by atoms with Gasteiger partial charge < -0.3 is 11.5 Å². The molecule has 0 unspecified atom stereocenters. The van der Waals surface area contributed by atoms with E-state index in [2.05, 4.69) is 15.9 Å². The molecule has 100 valence electrons. The summed E-state index contributed by atoms with van der Waals surface area (Å²) in [5.74, 6) is -0.721. The van der Waals surface area contributed by atoms with Crippen molar-refractivity contribution in [3.63, 3.8) is 0 Å². The summed E-state index contributed by atoms with van der Waals surface area (Å²) in [6.45, 7) is 1.22. The Balaban J connectivity index is 3.33. The Hall–Kier alpha value is -1.12. The number of likely N-dealkylation sites (N-methyl/N-ethyl adjacent to an activating group) is 1. The van der Waals surface area contributed by atoms with Crippen LogP contribution < -0.4 is 11.5 Å². The molecule has 0 heterocycles. The Morgan fingerprint density at radius 2 is 2.00 bits per heavy atom. The summed E-state index contributed by atoms with van der Waals surface area (Å²) < 4.78 is 25.9. The van der Waals surface area contributed by atoms with Gasteiger partial charge in [-0.2, -0.15) is 4.31 Å². The summed E-state index contributed by atoms with van der Waals surface area (Å²) in [5, 5.41) is 0. The lowest BCUT2D eigenvalue weighted by Gasteiger charge is -2.18. The van der Waals surface area contributed by atoms with Crippen molar-refractivity contribution in [3.8, 4) is 0 Å². The van der Waals surface area contributed by atoms with Crippen LogP contribution in [0.1, 0.15) is 5.56 Å². The van der Waals surface area contributed by atoms with Gasteiger partial charge in [0.1, 0.15) is 0 Å². The lowest BCUT2D eigenvalue weighted by atomic mass is 10.2. The zero-order chi connectivity index (χ0) is 14.1. The fraction of sp³-hybridized carbons (Fsp3) is 0.300. The molecule has 0 spiro atoms. The molecular formula is C10H14BrN3O3S. The van der Waals surface area contributed by atoms with E-state index in [0.29, 0.717) is 15.7 Å². The Morgan fingerprint density at radius 1 is 1.44 bits per heavy atom. The van der Waals surface area contributed by atoms with Gasteiger partial charge in [0.25, 0.3) is 0 Å². The molecule has 0 atom stereocenters. The topological polar surface area (TPSA) is 106 Å². The first-order chi connectivity index (χ1) is 8.16. The average molecular weight is 336 g/mol. The van der Waals surface area contributed by atoms with Crippen LogP contribution in [0.4, 0.5) is 5.69 Å². The van der Waals surface area contributed by atoms with Crippen molar-refractivity contribution in [1.29, 1.82) is 0 Å². The van der Waals surface area contributed by atoms with Crippen molar-refractivity contribution < 1.29 is 13.2 Å². The fourth-order valence-electron chi connectivity index (χ4n) is 1.41. The number of benzene rings is 1. The molecule has 8 heteroatoms. The standard InChI is InChI=1S/C10H14BrN3O3S/c1-6-8(12)3-7(11)4-9(6)18(16,17)14(2)5-10(13)15/h3-4H,5,12H2,1-2H3,(H2,13,15). The number of nitrogens with zero attached hydrogens (tertiary/aromatic N) is 1. The number of hydrogen-bond acceptors (Lipinski definition) is 4. The quantitative estimate of drug-likeness (QED) is 0.778. The number of sulfonamides is 1. The van der Waals surface area contributed by atoms with Gasteiger partial charge >= 0.3 is 0 Å². The monoisotopic (exact) mass is 335 g/mol. The molecule has 0 aliphatic heterocycles. The van der Waals surface area contributed by atoms with Crippen LogP contribution in [0.5, 0.6) is 0 Å². The highest BCUT2D eigenvalue weighted by Crippen LogP contribution is 2.27. The van der Waals surface area contributed by atoms with Crippen molar-refractivity contribution in [2.45, 2.75) is 11.8 Å². The van der Waals surface area contributed by atoms with E-state index in [9.17, 15) is 13.2 Å². The van der Waals surface area contributed by atoms with Gasteiger partial charge in [0.15, 0.2) is 0 Å². The third-order valence-corrected chi connectivity index (χ3v) is 4.82. The predicted octanol–water partition coefficient (Wildman–Crippen LogP) is 0.446. The molecule has 0 aromatic heterocycles. The minimum absolute atomic E-state index is 0.0538. The van der Waals surface area contributed by atoms with Gasteiger partial charge in [-0.3, -0.25) is 4.79 Å². The molecular weight excluding hydrogens is 322 g/mol. The minimum atomic E-state index is -3.79. The lowest BCUT2D eigenvalue weighted by Crippen LogP contribution is -2.35. The minimum Gasteiger partial charge on any atom is -0.398 e. The highest BCUT2D eigenvalue weighted by molar-refractivity contribution is 9.10. The van der Waals surface area contributed by atoms with E-state index in [4.69, 9.17) is 11.5 Å². The van der Waals surface area contributed by atoms with Gasteiger partial charge in [-0.15, -0.1) is 0 Å². The number of primary amides is 1. The molecule has 4 N–H and O–H groups in total. The first kappa shape index (κ1) is 14.9. The van der Waals surface area contributed by atoms with Gasteiger partial charge in [-0.1, -0.05) is 15.9 Å². The van der Waals surface area contributed by atoms with Gasteiger partial charge in [0.2, 0.25) is 15.9 Å². The molecule has 1 aromatic rings. The molecule has 1 aromatic carbocycles. The Morgan fingerprint density at radius 3 is 2.50 bits per heavy atom. The maximum Gasteiger partial charge on any atom is 0.243 e. The van der Waals surface area contributed by atoms with Crippen LogP contribution in [-0.4, -0.2) is 32.2 Å². The molecule has 0 saturated carbocycles. The summed E-state index contributed by atoms with van der Waals surface area (Å²) in [5.41, 5.74) is 11.5. The van der Waals surface area contributed by atoms with Crippen LogP contribution in [0.15, 0.2) is 21.5 Å². The Kier molecular flexibility index (Phi) is 4.36. The summed E-state index contributed by atoms with van der Waals surface area (Å²) in [6.07, 6.45) is 0. The highest BCUT2D eigenvalue weighted by atomic mass is 79.9. The van der Waals surface area contributed by atoms with Crippen molar-refractivity contribution in [2.24, 2.45) is 5.73 Å². The molecule has 0 fully saturated rings. The third-order valence-electron chi connectivity index (χ3n) is 2.43. The van der Waals surface area contributed by atoms with Crippen LogP contribution in [-0.2, 0) is 14.8 Å². The maximum atomic E-state index is 12.2. The summed E-state index contributed by atoms with van der Waals surface area (Å²) in [6, 6.07) is 3.06. The lowest BCUT2D eigenvalue weighted by molar-refractivity contribution is -0.118. The van der Waals surface area contributed by atoms with Crippen molar-refractivity contribution in [1.82, 2.24) is 4.31 Å². The number of anilines is 1. The Labute approximate surface area is 114 Å². The fourth-order valence-corrected chi connectivity index (χ4v) is 3.46. The molecule has 1 rings (SSSR count). The van der Waals surface area contributed by atoms with E-state index in [1.807, 2.05) is 0 Å². The van der Waals surface area contributed by atoms with Crippen LogP contribution in [0.3, 0.4) is 0 Å². The molecule has 0 radical (unpaired) electrons. The van der Waals surface area contributed by atoms with E-state index in [1.165, 1.54) is 13.1 Å². The van der Waals surface area contributed by atoms with Crippen molar-refractivity contribution >= 4 is 37.5 Å². The van der Waals surface area contributed by atoms with E-state index in [1.54, 1.807) is 13.0 Å². The van der Waals surface area contributed by atoms with Crippen LogP contribution in [0.25, 0.3) is 0 Å². The van der Waals surface area contributed by atoms with E-state index in [0.717, 1.165) is 4.31 Å². The van der Waals surface area contributed by atoms with Gasteiger partial charge in [0, 0.05) is 17.2 Å². The van der Waals surface area contributed by atoms with Crippen LogP contribution >= 0.6 is 15.9 Å². The number of nitrogens with two attached hydrogens (primary N) is 2. The number of hydrogen-bond donors (Lipinski definition) is 2. The second kappa shape index (κ2) is 5.25. The average Bonchev–Trinajstić information content (AvgIpc) is 2.22. The van der Waals surface area contributed by atoms with Gasteiger partial charge in [-0.05, 0) is 24.6 Å². The summed E-state index contributed by atoms with van der Waals surface area (Å²) in [4.78, 5) is 10.8. The summed E-state index contributed by atoms with van der Waals surface area (Å²) in [7, 11) is -2.50. The van der Waals surface area contributed by atoms with E-state index < -0.39 is 15.9 Å². The molecule has 0 aliphatic carbocycles. The number of carbonyl (C=O) groups excluding carboxylic acids is 1. The normalized spacial score (nSPS) is 11.8. The van der Waals surface area contributed by atoms with Crippen molar-refractivity contribution in [2.75, 3.05) is 19.3 Å². The first-order valence-corrected chi connectivity index (χ1v) is 7.20. The van der Waals surface area contributed by atoms with Crippen LogP contribution in [0, 0.1) is 6.92 Å². The van der Waals surface area contributed by atoms with Gasteiger partial charge in [-0.25, -0.2) is 8.42 Å². The Bertz CT molecular complexity index is 586. The predicted molar refractivity (Wildman–Crippen MR) is 72.3 cm³/mol. The SMILES string of the molecule is Cc1c(N)cc(Br)cc1S(=O)(=O)N(C)CC(N)=O. The molecule has 6 nitrogen and oxygen atoms in total. The number of amides is 1. The largest absolute Gasteiger partial charge is 0.398 e. The second-order valence-electron chi connectivity index (χ2n) is 3.85. The summed E-state index contributed by atoms with van der Waals surface area (Å²) >= 11 is 3.18. The van der Waals surface area contributed by atoms with E-state index >= 15 is 0 Å². The number of rotatable bonds is 4. The zero-order valence-corrected chi connectivity index (χ0v) is 12.4. The number of nitrogen functional groups attached to an aromatic ring is 1. The molecule has 0 bridgehead atoms.